The number of hydrogen-bond acceptors (Lipinski definition) is 2. The van der Waals surface area contributed by atoms with E-state index in [1.807, 2.05) is 6.07 Å². The summed E-state index contributed by atoms with van der Waals surface area (Å²) in [5.41, 5.74) is 1.03. The standard InChI is InChI=1S/C11H9ClN2O/c1-7(2)11(15)14-10-5-3-4-9(12)8(10)6-13/h3-5H,1H2,2H3,(H,14,15). The molecule has 0 saturated carbocycles. The average molecular weight is 221 g/mol. The Labute approximate surface area is 93.0 Å². The first-order valence-electron chi connectivity index (χ1n) is 4.21. The summed E-state index contributed by atoms with van der Waals surface area (Å²) in [7, 11) is 0. The van der Waals surface area contributed by atoms with Gasteiger partial charge in [0.15, 0.2) is 0 Å². The first kappa shape index (κ1) is 11.3. The van der Waals surface area contributed by atoms with Crippen LogP contribution in [0.4, 0.5) is 5.69 Å². The second kappa shape index (κ2) is 4.63. The minimum Gasteiger partial charge on any atom is -0.321 e. The maximum Gasteiger partial charge on any atom is 0.250 e. The van der Waals surface area contributed by atoms with Crippen LogP contribution < -0.4 is 5.32 Å². The summed E-state index contributed by atoms with van der Waals surface area (Å²) in [5.74, 6) is -0.325. The van der Waals surface area contributed by atoms with Gasteiger partial charge in [-0.15, -0.1) is 0 Å². The number of carbonyl (C=O) groups excluding carboxylic acids is 1. The molecule has 4 heteroatoms. The Morgan fingerprint density at radius 1 is 1.60 bits per heavy atom. The van der Waals surface area contributed by atoms with Gasteiger partial charge in [0.1, 0.15) is 6.07 Å². The van der Waals surface area contributed by atoms with Crippen LogP contribution in [0, 0.1) is 11.3 Å². The lowest BCUT2D eigenvalue weighted by atomic mass is 10.2. The molecule has 1 N–H and O–H groups in total. The highest BCUT2D eigenvalue weighted by molar-refractivity contribution is 6.32. The van der Waals surface area contributed by atoms with E-state index in [4.69, 9.17) is 16.9 Å². The van der Waals surface area contributed by atoms with Crippen molar-refractivity contribution >= 4 is 23.2 Å². The zero-order chi connectivity index (χ0) is 11.4. The normalized spacial score (nSPS) is 9.13. The van der Waals surface area contributed by atoms with Gasteiger partial charge in [-0.3, -0.25) is 4.79 Å². The molecule has 3 nitrogen and oxygen atoms in total. The Hall–Kier alpha value is -1.79. The smallest absolute Gasteiger partial charge is 0.250 e. The molecule has 0 spiro atoms. The van der Waals surface area contributed by atoms with E-state index in [1.54, 1.807) is 25.1 Å². The molecular formula is C11H9ClN2O. The Bertz CT molecular complexity index is 460. The number of benzene rings is 1. The van der Waals surface area contributed by atoms with Crippen molar-refractivity contribution in [2.45, 2.75) is 6.92 Å². The number of carbonyl (C=O) groups is 1. The fraction of sp³-hybridized carbons (Fsp3) is 0.0909. The summed E-state index contributed by atoms with van der Waals surface area (Å²) < 4.78 is 0. The number of amides is 1. The molecule has 1 rings (SSSR count). The molecule has 0 fully saturated rings. The monoisotopic (exact) mass is 220 g/mol. The highest BCUT2D eigenvalue weighted by atomic mass is 35.5. The molecule has 1 aromatic carbocycles. The molecule has 0 unspecified atom stereocenters. The topological polar surface area (TPSA) is 52.9 Å². The number of nitrogens with zero attached hydrogens (tertiary/aromatic N) is 1. The van der Waals surface area contributed by atoms with Crippen molar-refractivity contribution in [2.24, 2.45) is 0 Å². The highest BCUT2D eigenvalue weighted by Gasteiger charge is 2.09. The van der Waals surface area contributed by atoms with Crippen LogP contribution in [0.1, 0.15) is 12.5 Å². The Morgan fingerprint density at radius 3 is 2.80 bits per heavy atom. The summed E-state index contributed by atoms with van der Waals surface area (Å²) in [6.45, 7) is 5.09. The molecule has 15 heavy (non-hydrogen) atoms. The predicted octanol–water partition coefficient (Wildman–Crippen LogP) is 2.73. The van der Waals surface area contributed by atoms with Gasteiger partial charge in [-0.1, -0.05) is 24.2 Å². The van der Waals surface area contributed by atoms with Crippen molar-refractivity contribution in [1.29, 1.82) is 5.26 Å². The van der Waals surface area contributed by atoms with Crippen LogP contribution in [-0.4, -0.2) is 5.91 Å². The third-order valence-electron chi connectivity index (χ3n) is 1.76. The Balaban J connectivity index is 3.06. The van der Waals surface area contributed by atoms with Gasteiger partial charge in [-0.25, -0.2) is 0 Å². The van der Waals surface area contributed by atoms with Gasteiger partial charge in [0, 0.05) is 5.57 Å². The van der Waals surface area contributed by atoms with Crippen molar-refractivity contribution in [3.63, 3.8) is 0 Å². The summed E-state index contributed by atoms with van der Waals surface area (Å²) in [5, 5.41) is 11.7. The summed E-state index contributed by atoms with van der Waals surface area (Å²) in [6.07, 6.45) is 0. The van der Waals surface area contributed by atoms with Crippen molar-refractivity contribution in [3.8, 4) is 6.07 Å². The molecule has 1 amide bonds. The van der Waals surface area contributed by atoms with Crippen molar-refractivity contribution in [3.05, 3.63) is 40.9 Å². The number of nitrogens with one attached hydrogen (secondary N) is 1. The van der Waals surface area contributed by atoms with Gasteiger partial charge >= 0.3 is 0 Å². The van der Waals surface area contributed by atoms with Gasteiger partial charge in [-0.05, 0) is 19.1 Å². The van der Waals surface area contributed by atoms with Gasteiger partial charge in [0.05, 0.1) is 16.3 Å². The maximum atomic E-state index is 11.3. The van der Waals surface area contributed by atoms with E-state index in [0.29, 0.717) is 16.3 Å². The van der Waals surface area contributed by atoms with Crippen LogP contribution in [-0.2, 0) is 4.79 Å². The first-order chi connectivity index (χ1) is 7.06. The molecule has 0 aliphatic heterocycles. The van der Waals surface area contributed by atoms with Crippen molar-refractivity contribution in [1.82, 2.24) is 0 Å². The largest absolute Gasteiger partial charge is 0.321 e. The molecule has 0 bridgehead atoms. The Morgan fingerprint density at radius 2 is 2.27 bits per heavy atom. The molecule has 0 aromatic heterocycles. The molecule has 0 atom stereocenters. The molecule has 0 radical (unpaired) electrons. The summed E-state index contributed by atoms with van der Waals surface area (Å²) in [4.78, 5) is 11.3. The van der Waals surface area contributed by atoms with Crippen LogP contribution in [0.3, 0.4) is 0 Å². The lowest BCUT2D eigenvalue weighted by Crippen LogP contribution is -2.12. The molecule has 1 aromatic rings. The van der Waals surface area contributed by atoms with Crippen LogP contribution >= 0.6 is 11.6 Å². The maximum absolute atomic E-state index is 11.3. The van der Waals surface area contributed by atoms with Gasteiger partial charge < -0.3 is 5.32 Å². The van der Waals surface area contributed by atoms with Gasteiger partial charge in [0.2, 0.25) is 0 Å². The van der Waals surface area contributed by atoms with Gasteiger partial charge in [-0.2, -0.15) is 5.26 Å². The second-order valence-corrected chi connectivity index (χ2v) is 3.42. The molecule has 0 aliphatic rings. The minimum absolute atomic E-state index is 0.258. The first-order valence-corrected chi connectivity index (χ1v) is 4.59. The molecule has 0 saturated heterocycles. The number of halogens is 1. The average Bonchev–Trinajstić information content (AvgIpc) is 2.18. The van der Waals surface area contributed by atoms with Crippen LogP contribution in [0.25, 0.3) is 0 Å². The third kappa shape index (κ3) is 2.58. The molecule has 76 valence electrons. The molecule has 0 aliphatic carbocycles. The van der Waals surface area contributed by atoms with E-state index in [9.17, 15) is 4.79 Å². The second-order valence-electron chi connectivity index (χ2n) is 3.01. The van der Waals surface area contributed by atoms with E-state index < -0.39 is 0 Å². The van der Waals surface area contributed by atoms with Gasteiger partial charge in [0.25, 0.3) is 5.91 Å². The van der Waals surface area contributed by atoms with Crippen LogP contribution in [0.2, 0.25) is 5.02 Å². The molecule has 0 heterocycles. The Kier molecular flexibility index (Phi) is 3.48. The predicted molar refractivity (Wildman–Crippen MR) is 59.6 cm³/mol. The van der Waals surface area contributed by atoms with E-state index in [2.05, 4.69) is 11.9 Å². The zero-order valence-electron chi connectivity index (χ0n) is 8.17. The third-order valence-corrected chi connectivity index (χ3v) is 2.08. The highest BCUT2D eigenvalue weighted by Crippen LogP contribution is 2.23. The number of nitriles is 1. The van der Waals surface area contributed by atoms with Crippen LogP contribution in [0.5, 0.6) is 0 Å². The van der Waals surface area contributed by atoms with E-state index in [-0.39, 0.29) is 11.5 Å². The van der Waals surface area contributed by atoms with Crippen LogP contribution in [0.15, 0.2) is 30.4 Å². The van der Waals surface area contributed by atoms with Crippen molar-refractivity contribution in [2.75, 3.05) is 5.32 Å². The number of hydrogen-bond donors (Lipinski definition) is 1. The van der Waals surface area contributed by atoms with Crippen molar-refractivity contribution < 1.29 is 4.79 Å². The quantitative estimate of drug-likeness (QED) is 0.780. The summed E-state index contributed by atoms with van der Waals surface area (Å²) in [6, 6.07) is 6.81. The fourth-order valence-electron chi connectivity index (χ4n) is 0.971. The van der Waals surface area contributed by atoms with E-state index in [1.165, 1.54) is 0 Å². The lowest BCUT2D eigenvalue weighted by Gasteiger charge is -2.07. The summed E-state index contributed by atoms with van der Waals surface area (Å²) >= 11 is 5.80. The van der Waals surface area contributed by atoms with E-state index in [0.717, 1.165) is 0 Å². The number of anilines is 1. The van der Waals surface area contributed by atoms with E-state index >= 15 is 0 Å². The lowest BCUT2D eigenvalue weighted by molar-refractivity contribution is -0.112. The molecular weight excluding hydrogens is 212 g/mol. The zero-order valence-corrected chi connectivity index (χ0v) is 8.93. The number of rotatable bonds is 2. The minimum atomic E-state index is -0.325. The fourth-order valence-corrected chi connectivity index (χ4v) is 1.19. The SMILES string of the molecule is C=C(C)C(=O)Nc1cccc(Cl)c1C#N.